The molecule has 12 heteroatoms. The van der Waals surface area contributed by atoms with Crippen LogP contribution in [0.4, 0.5) is 5.82 Å². The van der Waals surface area contributed by atoms with Crippen molar-refractivity contribution < 1.29 is 23.7 Å². The molecule has 0 amide bonds. The van der Waals surface area contributed by atoms with Crippen LogP contribution in [0.15, 0.2) is 12.7 Å². The number of nitrogens with zero attached hydrogens (tertiary/aromatic N) is 4. The first-order valence-corrected chi connectivity index (χ1v) is 8.95. The fourth-order valence-corrected chi connectivity index (χ4v) is 3.41. The topological polar surface area (TPSA) is 135 Å². The Morgan fingerprint density at radius 3 is 2.91 bits per heavy atom. The highest BCUT2D eigenvalue weighted by molar-refractivity contribution is 8.39. The van der Waals surface area contributed by atoms with Gasteiger partial charge in [0.15, 0.2) is 23.8 Å². The highest BCUT2D eigenvalue weighted by atomic mass is 32.7. The SMILES string of the molecule is COC1C(O[P+](=O)S)C(CO)OC1n1cnc2c(N)ncnc21. The summed E-state index contributed by atoms with van der Waals surface area (Å²) in [5.74, 6) is 0.241. The zero-order chi connectivity index (χ0) is 16.6. The average Bonchev–Trinajstić information content (AvgIpc) is 3.08. The van der Waals surface area contributed by atoms with Gasteiger partial charge in [-0.2, -0.15) is 0 Å². The van der Waals surface area contributed by atoms with Crippen LogP contribution >= 0.6 is 19.5 Å². The Balaban J connectivity index is 2.00. The first-order chi connectivity index (χ1) is 11.1. The largest absolute Gasteiger partial charge is 0.582 e. The number of aromatic nitrogens is 4. The maximum absolute atomic E-state index is 11.3. The van der Waals surface area contributed by atoms with Crippen LogP contribution in [-0.4, -0.2) is 56.7 Å². The third-order valence-corrected chi connectivity index (χ3v) is 4.32. The molecule has 124 valence electrons. The number of ether oxygens (including phenoxy) is 2. The van der Waals surface area contributed by atoms with E-state index >= 15 is 0 Å². The zero-order valence-electron chi connectivity index (χ0n) is 12.0. The number of rotatable bonds is 5. The minimum atomic E-state index is -2.19. The summed E-state index contributed by atoms with van der Waals surface area (Å²) in [6.07, 6.45) is -0.0180. The highest BCUT2D eigenvalue weighted by Gasteiger charge is 2.50. The third kappa shape index (κ3) is 2.91. The number of nitrogens with two attached hydrogens (primary N) is 1. The van der Waals surface area contributed by atoms with Gasteiger partial charge in [-0.05, 0) is 4.57 Å². The van der Waals surface area contributed by atoms with Crippen LogP contribution in [0.1, 0.15) is 6.23 Å². The summed E-state index contributed by atoms with van der Waals surface area (Å²) in [5, 5.41) is 9.48. The van der Waals surface area contributed by atoms with Crippen molar-refractivity contribution in [3.05, 3.63) is 12.7 Å². The number of hydrogen-bond acceptors (Lipinski definition) is 9. The number of aliphatic hydroxyl groups excluding tert-OH is 1. The molecule has 0 radical (unpaired) electrons. The van der Waals surface area contributed by atoms with Crippen LogP contribution in [0.3, 0.4) is 0 Å². The predicted molar refractivity (Wildman–Crippen MR) is 83.0 cm³/mol. The van der Waals surface area contributed by atoms with Crippen LogP contribution < -0.4 is 5.73 Å². The molecule has 1 aliphatic rings. The summed E-state index contributed by atoms with van der Waals surface area (Å²) in [6, 6.07) is 0. The third-order valence-electron chi connectivity index (χ3n) is 3.61. The van der Waals surface area contributed by atoms with Crippen LogP contribution in [0.25, 0.3) is 11.2 Å². The van der Waals surface area contributed by atoms with Crippen molar-refractivity contribution >= 4 is 36.5 Å². The van der Waals surface area contributed by atoms with Gasteiger partial charge in [0.25, 0.3) is 0 Å². The van der Waals surface area contributed by atoms with Crippen molar-refractivity contribution in [3.8, 4) is 0 Å². The smallest absolute Gasteiger partial charge is 0.394 e. The molecule has 3 rings (SSSR count). The number of nitrogen functional groups attached to an aromatic ring is 1. The molecule has 0 spiro atoms. The van der Waals surface area contributed by atoms with Crippen LogP contribution in [-0.2, 0) is 18.6 Å². The lowest BCUT2D eigenvalue weighted by Crippen LogP contribution is -2.35. The molecule has 10 nitrogen and oxygen atoms in total. The van der Waals surface area contributed by atoms with Crippen LogP contribution in [0.5, 0.6) is 0 Å². The van der Waals surface area contributed by atoms with Gasteiger partial charge in [0.1, 0.15) is 36.3 Å². The number of aliphatic hydroxyl groups is 1. The van der Waals surface area contributed by atoms with Gasteiger partial charge in [0, 0.05) is 7.11 Å². The number of thiol groups is 1. The van der Waals surface area contributed by atoms with Gasteiger partial charge < -0.3 is 20.3 Å². The van der Waals surface area contributed by atoms with Gasteiger partial charge >= 0.3 is 7.23 Å². The molecule has 2 aromatic rings. The molecule has 1 aliphatic heterocycles. The number of methoxy groups -OCH3 is 1. The molecule has 0 aromatic carbocycles. The number of anilines is 1. The molecule has 0 saturated carbocycles. The fourth-order valence-electron chi connectivity index (χ4n) is 2.62. The van der Waals surface area contributed by atoms with E-state index in [2.05, 4.69) is 27.2 Å². The van der Waals surface area contributed by atoms with Crippen LogP contribution in [0.2, 0.25) is 0 Å². The van der Waals surface area contributed by atoms with E-state index < -0.39 is 31.8 Å². The van der Waals surface area contributed by atoms with E-state index in [0.29, 0.717) is 11.2 Å². The summed E-state index contributed by atoms with van der Waals surface area (Å²) in [6.45, 7) is -0.332. The van der Waals surface area contributed by atoms with E-state index in [4.69, 9.17) is 19.7 Å². The molecule has 0 bridgehead atoms. The molecule has 0 aliphatic carbocycles. The lowest BCUT2D eigenvalue weighted by molar-refractivity contribution is -0.0583. The van der Waals surface area contributed by atoms with Crippen molar-refractivity contribution in [2.75, 3.05) is 19.5 Å². The Morgan fingerprint density at radius 1 is 1.48 bits per heavy atom. The van der Waals surface area contributed by atoms with Crippen molar-refractivity contribution in [1.82, 2.24) is 19.5 Å². The van der Waals surface area contributed by atoms with Crippen molar-refractivity contribution in [1.29, 1.82) is 0 Å². The van der Waals surface area contributed by atoms with Gasteiger partial charge in [-0.3, -0.25) is 4.57 Å². The standard InChI is InChI=1S/C11H14N5O5PS/c1-19-8-7(21-22(18)23)5(2-17)20-11(8)16-4-15-6-9(12)13-3-14-10(6)16/h3-5,7-8,11,17H,2H2,1H3,(H2-,12,13,14,18,23)/p+1. The van der Waals surface area contributed by atoms with Gasteiger partial charge in [0.05, 0.1) is 12.9 Å². The number of imidazole rings is 1. The Kier molecular flexibility index (Phi) is 4.76. The second kappa shape index (κ2) is 6.63. The van der Waals surface area contributed by atoms with Crippen molar-refractivity contribution in [2.45, 2.75) is 24.5 Å². The number of fused-ring (bicyclic) bond motifs is 1. The molecular formula is C11H15N5O5PS+. The van der Waals surface area contributed by atoms with Gasteiger partial charge in [0.2, 0.25) is 0 Å². The van der Waals surface area contributed by atoms with Crippen molar-refractivity contribution in [3.63, 3.8) is 0 Å². The molecule has 3 heterocycles. The summed E-state index contributed by atoms with van der Waals surface area (Å²) < 4.78 is 29.4. The average molecular weight is 360 g/mol. The molecule has 23 heavy (non-hydrogen) atoms. The molecule has 5 unspecified atom stereocenters. The molecule has 1 fully saturated rings. The molecule has 1 saturated heterocycles. The normalized spacial score (nSPS) is 28.4. The van der Waals surface area contributed by atoms with E-state index in [9.17, 15) is 9.67 Å². The predicted octanol–water partition coefficient (Wildman–Crippen LogP) is 0.286. The molecule has 2 aromatic heterocycles. The summed E-state index contributed by atoms with van der Waals surface area (Å²) in [4.78, 5) is 12.2. The van der Waals surface area contributed by atoms with E-state index in [-0.39, 0.29) is 12.4 Å². The maximum Gasteiger partial charge on any atom is 0.582 e. The Labute approximate surface area is 137 Å². The number of hydrogen-bond donors (Lipinski definition) is 3. The Morgan fingerprint density at radius 2 is 2.26 bits per heavy atom. The monoisotopic (exact) mass is 360 g/mol. The molecule has 3 N–H and O–H groups in total. The van der Waals surface area contributed by atoms with E-state index in [1.807, 2.05) is 0 Å². The quantitative estimate of drug-likeness (QED) is 0.508. The minimum Gasteiger partial charge on any atom is -0.394 e. The second-order valence-corrected chi connectivity index (χ2v) is 6.51. The lowest BCUT2D eigenvalue weighted by Gasteiger charge is -2.19. The summed E-state index contributed by atoms with van der Waals surface area (Å²) in [7, 11) is -0.726. The van der Waals surface area contributed by atoms with E-state index in [1.54, 1.807) is 4.57 Å². The molecular weight excluding hydrogens is 345 g/mol. The highest BCUT2D eigenvalue weighted by Crippen LogP contribution is 2.40. The maximum atomic E-state index is 11.3. The van der Waals surface area contributed by atoms with Crippen molar-refractivity contribution in [2.24, 2.45) is 0 Å². The van der Waals surface area contributed by atoms with E-state index in [1.165, 1.54) is 19.8 Å². The minimum absolute atomic E-state index is 0.241. The van der Waals surface area contributed by atoms with Gasteiger partial charge in [-0.15, -0.1) is 4.52 Å². The second-order valence-electron chi connectivity index (χ2n) is 4.84. The fraction of sp³-hybridized carbons (Fsp3) is 0.545. The van der Waals surface area contributed by atoms with E-state index in [0.717, 1.165) is 0 Å². The van der Waals surface area contributed by atoms with Gasteiger partial charge in [-0.1, -0.05) is 0 Å². The Hall–Kier alpha value is -1.36. The Bertz CT molecular complexity index is 730. The van der Waals surface area contributed by atoms with Gasteiger partial charge in [-0.25, -0.2) is 15.0 Å². The lowest BCUT2D eigenvalue weighted by atomic mass is 10.1. The first-order valence-electron chi connectivity index (χ1n) is 6.61. The first kappa shape index (κ1) is 16.5. The van der Waals surface area contributed by atoms with Crippen LogP contribution in [0, 0.1) is 0 Å². The molecule has 5 atom stereocenters. The summed E-state index contributed by atoms with van der Waals surface area (Å²) >= 11 is 3.75. The summed E-state index contributed by atoms with van der Waals surface area (Å²) in [5.41, 5.74) is 6.65. The zero-order valence-corrected chi connectivity index (χ0v) is 13.8.